The number of aryl methyl sites for hydroxylation is 1. The third-order valence-corrected chi connectivity index (χ3v) is 7.12. The number of esters is 1. The molecular formula is C27H27FN4O5. The van der Waals surface area contributed by atoms with Gasteiger partial charge >= 0.3 is 5.97 Å². The van der Waals surface area contributed by atoms with Gasteiger partial charge in [-0.1, -0.05) is 19.1 Å². The zero-order chi connectivity index (χ0) is 26.5. The number of nitrogens with one attached hydrogen (secondary N) is 1. The number of hydrogen-bond acceptors (Lipinski definition) is 7. The molecule has 192 valence electrons. The number of rotatable bonds is 6. The van der Waals surface area contributed by atoms with Crippen molar-refractivity contribution in [3.05, 3.63) is 68.3 Å². The van der Waals surface area contributed by atoms with Crippen LogP contribution in [0.5, 0.6) is 0 Å². The molecule has 1 amide bonds. The molecule has 2 aliphatic heterocycles. The van der Waals surface area contributed by atoms with Crippen LogP contribution in [0.4, 0.5) is 4.39 Å². The molecule has 0 aliphatic carbocycles. The third-order valence-electron chi connectivity index (χ3n) is 7.12. The molecule has 37 heavy (non-hydrogen) atoms. The Morgan fingerprint density at radius 2 is 2.11 bits per heavy atom. The van der Waals surface area contributed by atoms with Crippen molar-refractivity contribution < 1.29 is 23.8 Å². The Hall–Kier alpha value is -3.89. The fraction of sp³-hybridized carbons (Fsp3) is 0.333. The Kier molecular flexibility index (Phi) is 6.17. The van der Waals surface area contributed by atoms with Crippen molar-refractivity contribution >= 4 is 28.9 Å². The molecule has 4 N–H and O–H groups in total. The zero-order valence-electron chi connectivity index (χ0n) is 20.6. The average Bonchev–Trinajstić information content (AvgIpc) is 3.25. The number of aromatic nitrogens is 2. The zero-order valence-corrected chi connectivity index (χ0v) is 20.6. The summed E-state index contributed by atoms with van der Waals surface area (Å²) >= 11 is 0. The number of carbonyl (C=O) groups excluding carboxylic acids is 2. The van der Waals surface area contributed by atoms with E-state index in [1.807, 2.05) is 12.2 Å². The molecule has 2 aromatic heterocycles. The van der Waals surface area contributed by atoms with Gasteiger partial charge in [-0.2, -0.15) is 0 Å². The number of nitrogens with zero attached hydrogens (tertiary/aromatic N) is 2. The molecule has 0 radical (unpaired) electrons. The first-order valence-corrected chi connectivity index (χ1v) is 12.1. The van der Waals surface area contributed by atoms with Gasteiger partial charge in [0.1, 0.15) is 12.4 Å². The largest absolute Gasteiger partial charge is 0.458 e. The molecule has 0 saturated carbocycles. The van der Waals surface area contributed by atoms with Crippen LogP contribution >= 0.6 is 0 Å². The van der Waals surface area contributed by atoms with Crippen molar-refractivity contribution in [1.82, 2.24) is 14.9 Å². The Balaban J connectivity index is 1.68. The van der Waals surface area contributed by atoms with Gasteiger partial charge in [0.25, 0.3) is 5.56 Å². The van der Waals surface area contributed by atoms with Crippen molar-refractivity contribution in [1.29, 1.82) is 0 Å². The minimum atomic E-state index is -1.93. The van der Waals surface area contributed by atoms with Crippen molar-refractivity contribution in [2.45, 2.75) is 45.4 Å². The molecule has 9 nitrogen and oxygen atoms in total. The maximum Gasteiger partial charge on any atom is 0.343 e. The molecule has 2 aliphatic rings. The Labute approximate surface area is 211 Å². The summed E-state index contributed by atoms with van der Waals surface area (Å²) in [5.74, 6) is -1.44. The first kappa shape index (κ1) is 24.8. The van der Waals surface area contributed by atoms with E-state index in [2.05, 4.69) is 5.32 Å². The van der Waals surface area contributed by atoms with E-state index in [0.29, 0.717) is 35.4 Å². The van der Waals surface area contributed by atoms with Crippen molar-refractivity contribution in [3.8, 4) is 11.4 Å². The summed E-state index contributed by atoms with van der Waals surface area (Å²) in [5.41, 5.74) is 6.87. The van der Waals surface area contributed by atoms with Gasteiger partial charge in [-0.05, 0) is 43.0 Å². The summed E-state index contributed by atoms with van der Waals surface area (Å²) in [7, 11) is 0. The number of ether oxygens (including phenoxy) is 1. The monoisotopic (exact) mass is 506 g/mol. The number of hydrogen-bond donors (Lipinski definition) is 3. The number of nitrogens with two attached hydrogens (primary N) is 1. The summed E-state index contributed by atoms with van der Waals surface area (Å²) < 4.78 is 21.2. The van der Waals surface area contributed by atoms with E-state index in [9.17, 15) is 23.9 Å². The topological polar surface area (TPSA) is 137 Å². The maximum absolute atomic E-state index is 14.5. The van der Waals surface area contributed by atoms with Gasteiger partial charge in [-0.15, -0.1) is 0 Å². The molecule has 0 unspecified atom stereocenters. The summed E-state index contributed by atoms with van der Waals surface area (Å²) in [6.45, 7) is 3.64. The molecule has 0 spiro atoms. The van der Waals surface area contributed by atoms with Gasteiger partial charge in [0.2, 0.25) is 5.91 Å². The molecule has 0 fully saturated rings. The molecule has 0 saturated heterocycles. The number of amides is 1. The van der Waals surface area contributed by atoms with Gasteiger partial charge in [-0.3, -0.25) is 9.59 Å². The highest BCUT2D eigenvalue weighted by molar-refractivity contribution is 5.94. The predicted molar refractivity (Wildman–Crippen MR) is 135 cm³/mol. The van der Waals surface area contributed by atoms with Crippen molar-refractivity contribution in [2.75, 3.05) is 13.1 Å². The first-order valence-electron chi connectivity index (χ1n) is 12.1. The molecule has 0 bridgehead atoms. The average molecular weight is 507 g/mol. The second kappa shape index (κ2) is 9.20. The van der Waals surface area contributed by atoms with E-state index in [-0.39, 0.29) is 48.7 Å². The van der Waals surface area contributed by atoms with Crippen molar-refractivity contribution in [3.63, 3.8) is 0 Å². The van der Waals surface area contributed by atoms with Gasteiger partial charge in [0.15, 0.2) is 5.60 Å². The third kappa shape index (κ3) is 3.93. The standard InChI is InChI=1S/C27H27FN4O5/c1-3-27(36)19-9-22-24-17(12-32(22)25(34)18(19)13-37-26(27)35)15(6-4-5-7-30-23(33)11-29)16-8-14(2)20(28)10-21(16)31-24/h4,6,8-10,36H,3,5,7,11-13,29H2,1-2H3,(H,30,33)/b6-4+/t27-/m0/s1. The number of fused-ring (bicyclic) bond motifs is 5. The van der Waals surface area contributed by atoms with Gasteiger partial charge in [0.05, 0.1) is 35.6 Å². The summed E-state index contributed by atoms with van der Waals surface area (Å²) in [5, 5.41) is 14.5. The highest BCUT2D eigenvalue weighted by atomic mass is 19.1. The van der Waals surface area contributed by atoms with E-state index in [1.165, 1.54) is 6.07 Å². The van der Waals surface area contributed by atoms with Crippen LogP contribution in [0, 0.1) is 12.7 Å². The number of aliphatic hydroxyl groups is 1. The SMILES string of the molecule is CC[C@@]1(O)C(=O)OCc2c1cc1n(c2=O)Cc2c-1nc1cc(F)c(C)cc1c2/C=C/CCNC(=O)CN. The smallest absolute Gasteiger partial charge is 0.343 e. The lowest BCUT2D eigenvalue weighted by Gasteiger charge is -2.31. The first-order chi connectivity index (χ1) is 17.7. The van der Waals surface area contributed by atoms with Gasteiger partial charge in [-0.25, -0.2) is 14.2 Å². The van der Waals surface area contributed by atoms with E-state index in [0.717, 1.165) is 16.5 Å². The van der Waals surface area contributed by atoms with Crippen LogP contribution in [0.2, 0.25) is 0 Å². The van der Waals surface area contributed by atoms with Gasteiger partial charge in [0, 0.05) is 29.1 Å². The molecular weight excluding hydrogens is 479 g/mol. The van der Waals surface area contributed by atoms with Crippen LogP contribution in [-0.2, 0) is 33.1 Å². The predicted octanol–water partition coefficient (Wildman–Crippen LogP) is 2.01. The van der Waals surface area contributed by atoms with Crippen LogP contribution < -0.4 is 16.6 Å². The van der Waals surface area contributed by atoms with E-state index in [1.54, 1.807) is 30.5 Å². The molecule has 1 atom stereocenters. The minimum Gasteiger partial charge on any atom is -0.458 e. The van der Waals surface area contributed by atoms with Crippen LogP contribution in [-0.4, -0.2) is 39.6 Å². The number of benzene rings is 1. The lowest BCUT2D eigenvalue weighted by atomic mass is 9.86. The number of cyclic esters (lactones) is 1. The minimum absolute atomic E-state index is 0.0406. The normalized spacial score (nSPS) is 18.0. The Morgan fingerprint density at radius 3 is 2.84 bits per heavy atom. The summed E-state index contributed by atoms with van der Waals surface area (Å²) in [6, 6.07) is 4.72. The number of carbonyl (C=O) groups is 2. The van der Waals surface area contributed by atoms with Gasteiger partial charge < -0.3 is 25.5 Å². The Morgan fingerprint density at radius 1 is 1.32 bits per heavy atom. The van der Waals surface area contributed by atoms with Crippen molar-refractivity contribution in [2.24, 2.45) is 5.73 Å². The molecule has 5 rings (SSSR count). The van der Waals surface area contributed by atoms with Crippen LogP contribution in [0.25, 0.3) is 28.4 Å². The highest BCUT2D eigenvalue weighted by Gasteiger charge is 2.45. The molecule has 1 aromatic carbocycles. The van der Waals surface area contributed by atoms with E-state index >= 15 is 0 Å². The molecule has 4 heterocycles. The van der Waals surface area contributed by atoms with Crippen LogP contribution in [0.3, 0.4) is 0 Å². The Bertz CT molecular complexity index is 1560. The maximum atomic E-state index is 14.5. The fourth-order valence-electron chi connectivity index (χ4n) is 5.00. The molecule has 3 aromatic rings. The second-order valence-electron chi connectivity index (χ2n) is 9.32. The quantitative estimate of drug-likeness (QED) is 0.269. The van der Waals surface area contributed by atoms with Crippen LogP contribution in [0.15, 0.2) is 29.1 Å². The lowest BCUT2D eigenvalue weighted by molar-refractivity contribution is -0.172. The number of halogens is 1. The number of pyridine rings is 2. The summed E-state index contributed by atoms with van der Waals surface area (Å²) in [4.78, 5) is 42.0. The lowest BCUT2D eigenvalue weighted by Crippen LogP contribution is -2.44. The second-order valence-corrected chi connectivity index (χ2v) is 9.32. The fourth-order valence-corrected chi connectivity index (χ4v) is 5.00. The van der Waals surface area contributed by atoms with E-state index < -0.39 is 17.4 Å². The van der Waals surface area contributed by atoms with Crippen LogP contribution in [0.1, 0.15) is 47.6 Å². The van der Waals surface area contributed by atoms with E-state index in [4.69, 9.17) is 15.5 Å². The highest BCUT2D eigenvalue weighted by Crippen LogP contribution is 2.40. The summed E-state index contributed by atoms with van der Waals surface area (Å²) in [6.07, 6.45) is 4.36. The molecule has 10 heteroatoms.